The van der Waals surface area contributed by atoms with E-state index in [4.69, 9.17) is 21.1 Å². The minimum absolute atomic E-state index is 0.587. The number of nitrogens with zero attached hydrogens (tertiary/aromatic N) is 4. The van der Waals surface area contributed by atoms with Crippen molar-refractivity contribution in [2.24, 2.45) is 7.05 Å². The number of anilines is 2. The highest BCUT2D eigenvalue weighted by atomic mass is 35.5. The van der Waals surface area contributed by atoms with Gasteiger partial charge >= 0.3 is 0 Å². The number of rotatable bonds is 7. The van der Waals surface area contributed by atoms with Crippen molar-refractivity contribution in [3.8, 4) is 17.0 Å². The van der Waals surface area contributed by atoms with Gasteiger partial charge in [-0.25, -0.2) is 0 Å². The molecule has 3 heterocycles. The first kappa shape index (κ1) is 19.7. The highest BCUT2D eigenvalue weighted by Gasteiger charge is 2.17. The number of ether oxygens (including phenoxy) is 2. The van der Waals surface area contributed by atoms with E-state index in [1.165, 1.54) is 0 Å². The topological polar surface area (TPSA) is 64.4 Å². The van der Waals surface area contributed by atoms with E-state index in [-0.39, 0.29) is 0 Å². The molecule has 1 saturated heterocycles. The maximum Gasteiger partial charge on any atom is 0.128 e. The summed E-state index contributed by atoms with van der Waals surface area (Å²) in [5, 5.41) is 8.23. The fourth-order valence-corrected chi connectivity index (χ4v) is 3.61. The predicted octanol–water partition coefficient (Wildman–Crippen LogP) is 3.59. The lowest BCUT2D eigenvalue weighted by Crippen LogP contribution is -2.38. The summed E-state index contributed by atoms with van der Waals surface area (Å²) in [6, 6.07) is 9.85. The Morgan fingerprint density at radius 1 is 1.17 bits per heavy atom. The van der Waals surface area contributed by atoms with Gasteiger partial charge in [-0.05, 0) is 30.3 Å². The minimum Gasteiger partial charge on any atom is -0.492 e. The van der Waals surface area contributed by atoms with Crippen molar-refractivity contribution in [2.75, 3.05) is 44.8 Å². The van der Waals surface area contributed by atoms with Gasteiger partial charge in [-0.1, -0.05) is 11.6 Å². The zero-order valence-corrected chi connectivity index (χ0v) is 17.1. The van der Waals surface area contributed by atoms with Gasteiger partial charge < -0.3 is 14.8 Å². The summed E-state index contributed by atoms with van der Waals surface area (Å²) in [7, 11) is 1.87. The molecule has 7 nitrogen and oxygen atoms in total. The largest absolute Gasteiger partial charge is 0.492 e. The Labute approximate surface area is 175 Å². The first-order chi connectivity index (χ1) is 14.2. The van der Waals surface area contributed by atoms with Crippen LogP contribution in [0.15, 0.2) is 48.9 Å². The van der Waals surface area contributed by atoms with Gasteiger partial charge in [0, 0.05) is 44.1 Å². The van der Waals surface area contributed by atoms with Gasteiger partial charge in [0.25, 0.3) is 0 Å². The molecule has 0 saturated carbocycles. The van der Waals surface area contributed by atoms with Crippen molar-refractivity contribution in [1.82, 2.24) is 19.7 Å². The van der Waals surface area contributed by atoms with Gasteiger partial charge in [0.1, 0.15) is 12.4 Å². The molecule has 29 heavy (non-hydrogen) atoms. The number of morpholine rings is 1. The van der Waals surface area contributed by atoms with Crippen LogP contribution in [0.4, 0.5) is 11.4 Å². The first-order valence-electron chi connectivity index (χ1n) is 9.62. The molecule has 0 atom stereocenters. The first-order valence-corrected chi connectivity index (χ1v) is 10.0. The van der Waals surface area contributed by atoms with Crippen molar-refractivity contribution in [2.45, 2.75) is 0 Å². The normalized spacial score (nSPS) is 14.7. The SMILES string of the molecule is Cn1ncc(Cl)c1-c1cc(Nc2cccnc2)ccc1OCCN1CCOCC1. The molecule has 4 rings (SSSR count). The van der Waals surface area contributed by atoms with Crippen LogP contribution in [0.2, 0.25) is 5.02 Å². The molecule has 0 unspecified atom stereocenters. The zero-order chi connectivity index (χ0) is 20.1. The fraction of sp³-hybridized carbons (Fsp3) is 0.333. The third-order valence-electron chi connectivity index (χ3n) is 4.85. The lowest BCUT2D eigenvalue weighted by atomic mass is 10.1. The lowest BCUT2D eigenvalue weighted by Gasteiger charge is -2.26. The maximum atomic E-state index is 6.43. The summed E-state index contributed by atoms with van der Waals surface area (Å²) in [6.07, 6.45) is 5.18. The number of hydrogen-bond donors (Lipinski definition) is 1. The molecule has 0 spiro atoms. The molecular weight excluding hydrogens is 390 g/mol. The van der Waals surface area contributed by atoms with Gasteiger partial charge in [0.15, 0.2) is 0 Å². The van der Waals surface area contributed by atoms with Crippen molar-refractivity contribution in [1.29, 1.82) is 0 Å². The van der Waals surface area contributed by atoms with E-state index in [2.05, 4.69) is 20.3 Å². The number of halogens is 1. The Morgan fingerprint density at radius 2 is 2.03 bits per heavy atom. The van der Waals surface area contributed by atoms with Gasteiger partial charge in [0.2, 0.25) is 0 Å². The summed E-state index contributed by atoms with van der Waals surface area (Å²) < 4.78 is 13.3. The Hall–Kier alpha value is -2.61. The van der Waals surface area contributed by atoms with Crippen LogP contribution >= 0.6 is 11.6 Å². The Kier molecular flexibility index (Phi) is 6.29. The molecule has 8 heteroatoms. The Morgan fingerprint density at radius 3 is 2.76 bits per heavy atom. The smallest absolute Gasteiger partial charge is 0.128 e. The summed E-state index contributed by atoms with van der Waals surface area (Å²) in [6.45, 7) is 4.90. The van der Waals surface area contributed by atoms with Crippen LogP contribution in [-0.4, -0.2) is 59.1 Å². The number of pyridine rings is 1. The average molecular weight is 414 g/mol. The molecule has 1 aliphatic rings. The van der Waals surface area contributed by atoms with Crippen LogP contribution in [0.5, 0.6) is 5.75 Å². The van der Waals surface area contributed by atoms with E-state index >= 15 is 0 Å². The number of hydrogen-bond acceptors (Lipinski definition) is 6. The number of aryl methyl sites for hydroxylation is 1. The number of benzene rings is 1. The second-order valence-electron chi connectivity index (χ2n) is 6.84. The van der Waals surface area contributed by atoms with Gasteiger partial charge in [-0.3, -0.25) is 14.6 Å². The summed E-state index contributed by atoms with van der Waals surface area (Å²) in [4.78, 5) is 6.49. The Balaban J connectivity index is 1.56. The standard InChI is InChI=1S/C21H24ClN5O2/c1-26-21(19(22)15-24-26)18-13-16(25-17-3-2-6-23-14-17)4-5-20(18)29-12-9-27-7-10-28-11-8-27/h2-6,13-15,25H,7-12H2,1H3. The van der Waals surface area contributed by atoms with E-state index in [1.54, 1.807) is 23.3 Å². The van der Waals surface area contributed by atoms with E-state index in [1.807, 2.05) is 37.4 Å². The molecule has 1 aromatic carbocycles. The predicted molar refractivity (Wildman–Crippen MR) is 114 cm³/mol. The third kappa shape index (κ3) is 4.87. The molecule has 0 bridgehead atoms. The fourth-order valence-electron chi connectivity index (χ4n) is 3.35. The van der Waals surface area contributed by atoms with Crippen molar-refractivity contribution in [3.05, 3.63) is 53.9 Å². The highest BCUT2D eigenvalue weighted by molar-refractivity contribution is 6.33. The number of aromatic nitrogens is 3. The van der Waals surface area contributed by atoms with Crippen molar-refractivity contribution >= 4 is 23.0 Å². The summed E-state index contributed by atoms with van der Waals surface area (Å²) in [5.74, 6) is 0.778. The van der Waals surface area contributed by atoms with Gasteiger partial charge in [0.05, 0.1) is 42.0 Å². The molecule has 0 radical (unpaired) electrons. The van der Waals surface area contributed by atoms with Gasteiger partial charge in [-0.15, -0.1) is 0 Å². The van der Waals surface area contributed by atoms with Crippen LogP contribution < -0.4 is 10.1 Å². The monoisotopic (exact) mass is 413 g/mol. The average Bonchev–Trinajstić information content (AvgIpc) is 3.08. The molecule has 152 valence electrons. The Bertz CT molecular complexity index is 922. The molecule has 1 aliphatic heterocycles. The van der Waals surface area contributed by atoms with Crippen molar-refractivity contribution < 1.29 is 9.47 Å². The molecule has 0 amide bonds. The van der Waals surface area contributed by atoms with E-state index in [9.17, 15) is 0 Å². The van der Waals surface area contributed by atoms with E-state index < -0.39 is 0 Å². The zero-order valence-electron chi connectivity index (χ0n) is 16.3. The second kappa shape index (κ2) is 9.26. The molecule has 1 N–H and O–H groups in total. The van der Waals surface area contributed by atoms with E-state index in [0.29, 0.717) is 11.6 Å². The van der Waals surface area contributed by atoms with Crippen molar-refractivity contribution in [3.63, 3.8) is 0 Å². The maximum absolute atomic E-state index is 6.43. The van der Waals surface area contributed by atoms with Crippen LogP contribution in [0.25, 0.3) is 11.3 Å². The lowest BCUT2D eigenvalue weighted by molar-refractivity contribution is 0.0323. The second-order valence-corrected chi connectivity index (χ2v) is 7.25. The summed E-state index contributed by atoms with van der Waals surface area (Å²) in [5.41, 5.74) is 3.55. The third-order valence-corrected chi connectivity index (χ3v) is 5.12. The highest BCUT2D eigenvalue weighted by Crippen LogP contribution is 2.37. The van der Waals surface area contributed by atoms with Crippen LogP contribution in [0.3, 0.4) is 0 Å². The minimum atomic E-state index is 0.587. The molecular formula is C21H24ClN5O2. The quantitative estimate of drug-likeness (QED) is 0.638. The van der Waals surface area contributed by atoms with Gasteiger partial charge in [-0.2, -0.15) is 5.10 Å². The molecule has 2 aromatic heterocycles. The van der Waals surface area contributed by atoms with E-state index in [0.717, 1.165) is 61.2 Å². The molecule has 0 aliphatic carbocycles. The molecule has 1 fully saturated rings. The molecule has 3 aromatic rings. The van der Waals surface area contributed by atoms with Crippen LogP contribution in [0, 0.1) is 0 Å². The van der Waals surface area contributed by atoms with Crippen LogP contribution in [-0.2, 0) is 11.8 Å². The summed E-state index contributed by atoms with van der Waals surface area (Å²) >= 11 is 6.43. The van der Waals surface area contributed by atoms with Crippen LogP contribution in [0.1, 0.15) is 0 Å². The number of nitrogens with one attached hydrogen (secondary N) is 1.